The van der Waals surface area contributed by atoms with Crippen molar-refractivity contribution in [1.82, 2.24) is 19.9 Å². The number of anilines is 1. The van der Waals surface area contributed by atoms with Crippen LogP contribution >= 0.6 is 0 Å². The molecule has 0 aliphatic heterocycles. The zero-order valence-corrected chi connectivity index (χ0v) is 12.1. The van der Waals surface area contributed by atoms with Gasteiger partial charge in [0.05, 0.1) is 5.52 Å². The molecule has 3 N–H and O–H groups in total. The molecular weight excluding hydrogens is 250 g/mol. The van der Waals surface area contributed by atoms with Crippen molar-refractivity contribution in [1.29, 1.82) is 0 Å². The number of aromatic amines is 1. The molecule has 20 heavy (non-hydrogen) atoms. The van der Waals surface area contributed by atoms with E-state index in [2.05, 4.69) is 35.7 Å². The average Bonchev–Trinajstić information content (AvgIpc) is 2.85. The van der Waals surface area contributed by atoms with E-state index in [1.165, 1.54) is 0 Å². The summed E-state index contributed by atoms with van der Waals surface area (Å²) < 4.78 is 0. The number of pyridine rings is 2. The Morgan fingerprint density at radius 1 is 1.25 bits per heavy atom. The summed E-state index contributed by atoms with van der Waals surface area (Å²) in [6.07, 6.45) is 3.92. The Kier molecular flexibility index (Phi) is 2.85. The van der Waals surface area contributed by atoms with Gasteiger partial charge in [0, 0.05) is 11.6 Å². The number of imidazole rings is 1. The van der Waals surface area contributed by atoms with Gasteiger partial charge in [0.2, 0.25) is 0 Å². The minimum atomic E-state index is -0.0126. The molecule has 104 valence electrons. The first-order chi connectivity index (χ1) is 9.53. The van der Waals surface area contributed by atoms with E-state index >= 15 is 0 Å². The van der Waals surface area contributed by atoms with Crippen molar-refractivity contribution in [3.63, 3.8) is 0 Å². The molecule has 3 rings (SSSR count). The van der Waals surface area contributed by atoms with Gasteiger partial charge in [0.15, 0.2) is 0 Å². The molecule has 0 radical (unpaired) electrons. The highest BCUT2D eigenvalue weighted by Gasteiger charge is 2.25. The minimum absolute atomic E-state index is 0.0126. The molecule has 0 atom stereocenters. The zero-order valence-electron chi connectivity index (χ0n) is 12.1. The summed E-state index contributed by atoms with van der Waals surface area (Å²) in [6.45, 7) is 6.55. The van der Waals surface area contributed by atoms with Crippen molar-refractivity contribution in [2.75, 3.05) is 5.73 Å². The second-order valence-electron chi connectivity index (χ2n) is 5.81. The molecule has 0 fully saturated rings. The van der Waals surface area contributed by atoms with Gasteiger partial charge in [-0.25, -0.2) is 9.97 Å². The summed E-state index contributed by atoms with van der Waals surface area (Å²) in [5.41, 5.74) is 9.21. The third kappa shape index (κ3) is 1.90. The van der Waals surface area contributed by atoms with Gasteiger partial charge in [-0.15, -0.1) is 0 Å². The van der Waals surface area contributed by atoms with Crippen LogP contribution in [0.4, 0.5) is 5.82 Å². The molecule has 0 unspecified atom stereocenters. The van der Waals surface area contributed by atoms with Crippen molar-refractivity contribution in [2.45, 2.75) is 39.0 Å². The number of nitrogens with one attached hydrogen (secondary N) is 1. The average molecular weight is 269 g/mol. The first-order valence-corrected chi connectivity index (χ1v) is 6.93. The van der Waals surface area contributed by atoms with Crippen LogP contribution in [0.5, 0.6) is 0 Å². The lowest BCUT2D eigenvalue weighted by atomic mass is 9.87. The van der Waals surface area contributed by atoms with Crippen LogP contribution in [0.25, 0.3) is 22.1 Å². The normalized spacial score (nSPS) is 12.3. The van der Waals surface area contributed by atoms with Crippen molar-refractivity contribution < 1.29 is 0 Å². The Bertz CT molecular complexity index is 772. The van der Waals surface area contributed by atoms with Gasteiger partial charge in [-0.1, -0.05) is 27.2 Å². The number of aromatic nitrogens is 4. The van der Waals surface area contributed by atoms with Crippen molar-refractivity contribution in [3.05, 3.63) is 24.2 Å². The molecule has 3 heterocycles. The van der Waals surface area contributed by atoms with Crippen LogP contribution in [0.1, 0.15) is 39.4 Å². The summed E-state index contributed by atoms with van der Waals surface area (Å²) >= 11 is 0. The second kappa shape index (κ2) is 4.44. The van der Waals surface area contributed by atoms with E-state index in [0.29, 0.717) is 5.82 Å². The Hall–Kier alpha value is -2.17. The summed E-state index contributed by atoms with van der Waals surface area (Å²) in [6, 6.07) is 3.76. The van der Waals surface area contributed by atoms with Crippen LogP contribution in [0.3, 0.4) is 0 Å². The number of hydrogen-bond donors (Lipinski definition) is 2. The fourth-order valence-electron chi connectivity index (χ4n) is 2.65. The van der Waals surface area contributed by atoms with E-state index in [9.17, 15) is 0 Å². The first kappa shape index (κ1) is 12.8. The van der Waals surface area contributed by atoms with Gasteiger partial charge in [-0.2, -0.15) is 0 Å². The molecule has 5 nitrogen and oxygen atoms in total. The lowest BCUT2D eigenvalue weighted by Crippen LogP contribution is -2.18. The number of hydrogen-bond acceptors (Lipinski definition) is 4. The molecular formula is C15H19N5. The highest BCUT2D eigenvalue weighted by atomic mass is 15.0. The van der Waals surface area contributed by atoms with Crippen molar-refractivity contribution in [2.24, 2.45) is 0 Å². The van der Waals surface area contributed by atoms with Gasteiger partial charge in [-0.3, -0.25) is 4.98 Å². The fraction of sp³-hybridized carbons (Fsp3) is 0.400. The quantitative estimate of drug-likeness (QED) is 0.765. The number of nitrogens with two attached hydrogens (primary N) is 1. The standard InChI is InChI=1S/C15H19N5/c1-4-7-15(2,3)14-19-11-10-9(6-5-8-17-10)18-13(16)12(11)20-14/h5-6,8H,4,7H2,1-3H3,(H2,16,18)(H,19,20). The van der Waals surface area contributed by atoms with Gasteiger partial charge in [0.1, 0.15) is 28.2 Å². The predicted octanol–water partition coefficient (Wildman–Crippen LogP) is 3.17. The highest BCUT2D eigenvalue weighted by molar-refractivity contribution is 6.03. The lowest BCUT2D eigenvalue weighted by Gasteiger charge is -2.20. The number of nitrogen functional groups attached to an aromatic ring is 1. The third-order valence-electron chi connectivity index (χ3n) is 3.73. The first-order valence-electron chi connectivity index (χ1n) is 6.93. The van der Waals surface area contributed by atoms with Crippen LogP contribution in [0.2, 0.25) is 0 Å². The Morgan fingerprint density at radius 2 is 2.05 bits per heavy atom. The Balaban J connectivity index is 2.30. The fourth-order valence-corrected chi connectivity index (χ4v) is 2.65. The molecule has 0 aromatic carbocycles. The highest BCUT2D eigenvalue weighted by Crippen LogP contribution is 2.31. The maximum Gasteiger partial charge on any atom is 0.150 e. The molecule has 0 bridgehead atoms. The van der Waals surface area contributed by atoms with Crippen molar-refractivity contribution >= 4 is 27.9 Å². The van der Waals surface area contributed by atoms with E-state index in [0.717, 1.165) is 40.7 Å². The van der Waals surface area contributed by atoms with Crippen LogP contribution in [0, 0.1) is 0 Å². The Morgan fingerprint density at radius 3 is 2.80 bits per heavy atom. The maximum absolute atomic E-state index is 6.04. The molecule has 0 saturated heterocycles. The molecule has 0 saturated carbocycles. The summed E-state index contributed by atoms with van der Waals surface area (Å²) in [7, 11) is 0. The molecule has 0 amide bonds. The molecule has 3 aromatic rings. The van der Waals surface area contributed by atoms with Crippen LogP contribution in [-0.2, 0) is 5.41 Å². The lowest BCUT2D eigenvalue weighted by molar-refractivity contribution is 0.450. The van der Waals surface area contributed by atoms with Gasteiger partial charge in [0.25, 0.3) is 0 Å². The van der Waals surface area contributed by atoms with Gasteiger partial charge >= 0.3 is 0 Å². The maximum atomic E-state index is 6.04. The topological polar surface area (TPSA) is 80.5 Å². The van der Waals surface area contributed by atoms with Crippen LogP contribution in [-0.4, -0.2) is 19.9 Å². The second-order valence-corrected chi connectivity index (χ2v) is 5.81. The molecule has 5 heteroatoms. The van der Waals surface area contributed by atoms with E-state index < -0.39 is 0 Å². The van der Waals surface area contributed by atoms with E-state index in [1.807, 2.05) is 12.1 Å². The molecule has 0 aliphatic carbocycles. The number of nitrogens with zero attached hydrogens (tertiary/aromatic N) is 3. The van der Waals surface area contributed by atoms with Crippen molar-refractivity contribution in [3.8, 4) is 0 Å². The van der Waals surface area contributed by atoms with E-state index in [4.69, 9.17) is 10.7 Å². The number of H-pyrrole nitrogens is 1. The summed E-state index contributed by atoms with van der Waals surface area (Å²) in [4.78, 5) is 16.9. The van der Waals surface area contributed by atoms with Crippen LogP contribution in [0.15, 0.2) is 18.3 Å². The molecule has 3 aromatic heterocycles. The molecule has 0 spiro atoms. The summed E-state index contributed by atoms with van der Waals surface area (Å²) in [5.74, 6) is 1.42. The van der Waals surface area contributed by atoms with E-state index in [-0.39, 0.29) is 5.41 Å². The van der Waals surface area contributed by atoms with E-state index in [1.54, 1.807) is 6.20 Å². The number of fused-ring (bicyclic) bond motifs is 3. The van der Waals surface area contributed by atoms with Crippen LogP contribution < -0.4 is 5.73 Å². The predicted molar refractivity (Wildman–Crippen MR) is 81.5 cm³/mol. The summed E-state index contributed by atoms with van der Waals surface area (Å²) in [5, 5.41) is 0. The molecule has 0 aliphatic rings. The van der Waals surface area contributed by atoms with Gasteiger partial charge < -0.3 is 10.7 Å². The zero-order chi connectivity index (χ0) is 14.3. The monoisotopic (exact) mass is 269 g/mol. The third-order valence-corrected chi connectivity index (χ3v) is 3.73. The smallest absolute Gasteiger partial charge is 0.150 e. The minimum Gasteiger partial charge on any atom is -0.382 e. The Labute approximate surface area is 117 Å². The number of rotatable bonds is 3. The largest absolute Gasteiger partial charge is 0.382 e. The SMILES string of the molecule is CCCC(C)(C)c1nc2c([nH]1)c(N)nc1cccnc12. The van der Waals surface area contributed by atoms with Gasteiger partial charge in [-0.05, 0) is 18.6 Å².